The van der Waals surface area contributed by atoms with Crippen molar-refractivity contribution in [1.29, 1.82) is 0 Å². The second kappa shape index (κ2) is 9.62. The van der Waals surface area contributed by atoms with Crippen LogP contribution in [-0.4, -0.2) is 19.1 Å². The number of para-hydroxylation sites is 2. The molecule has 0 radical (unpaired) electrons. The number of aromatic nitrogens is 4. The van der Waals surface area contributed by atoms with Gasteiger partial charge in [0.2, 0.25) is 0 Å². The van der Waals surface area contributed by atoms with Gasteiger partial charge in [0.05, 0.1) is 38.8 Å². The van der Waals surface area contributed by atoms with Crippen LogP contribution < -0.4 is 0 Å². The van der Waals surface area contributed by atoms with Gasteiger partial charge >= 0.3 is 0 Å². The topological polar surface area (TPSA) is 35.6 Å². The number of fused-ring (bicyclic) bond motifs is 9. The molecule has 4 nitrogen and oxygen atoms in total. The molecule has 0 aliphatic carbocycles. The lowest BCUT2D eigenvalue weighted by atomic mass is 10.0. The average molecular weight is 587 g/mol. The van der Waals surface area contributed by atoms with Crippen molar-refractivity contribution in [1.82, 2.24) is 19.1 Å². The Bertz CT molecular complexity index is 2790. The van der Waals surface area contributed by atoms with E-state index in [1.165, 1.54) is 43.4 Å². The van der Waals surface area contributed by atoms with Crippen LogP contribution in [0.3, 0.4) is 0 Å². The standard InChI is InChI=1S/C42H26N4/c1-3-11-27(12-4-1)33-24-36-37(44-22-21-43-36)25-39(33)46-38-18-10-9-17-31(38)34-23-35-32-20-19-28-13-7-8-16-30(28)42(32)45(40(35)26-41(34)46)29-14-5-2-6-15-29/h1-26H. The summed E-state index contributed by atoms with van der Waals surface area (Å²) in [7, 11) is 0. The third-order valence-corrected chi connectivity index (χ3v) is 9.37. The van der Waals surface area contributed by atoms with E-state index < -0.39 is 0 Å². The molecule has 3 heterocycles. The molecule has 0 amide bonds. The van der Waals surface area contributed by atoms with Crippen LogP contribution in [0.1, 0.15) is 0 Å². The zero-order valence-electron chi connectivity index (χ0n) is 24.8. The Morgan fingerprint density at radius 2 is 1.07 bits per heavy atom. The van der Waals surface area contributed by atoms with Crippen LogP contribution in [0, 0.1) is 0 Å². The van der Waals surface area contributed by atoms with Crippen molar-refractivity contribution in [2.24, 2.45) is 0 Å². The molecular formula is C42H26N4. The molecule has 3 aromatic heterocycles. The first kappa shape index (κ1) is 25.1. The van der Waals surface area contributed by atoms with Gasteiger partial charge in [-0.3, -0.25) is 9.97 Å². The molecule has 46 heavy (non-hydrogen) atoms. The Hall–Kier alpha value is -6.26. The first-order chi connectivity index (χ1) is 22.8. The van der Waals surface area contributed by atoms with E-state index in [0.717, 1.165) is 44.6 Å². The summed E-state index contributed by atoms with van der Waals surface area (Å²) < 4.78 is 4.87. The predicted molar refractivity (Wildman–Crippen MR) is 191 cm³/mol. The van der Waals surface area contributed by atoms with Gasteiger partial charge in [-0.1, -0.05) is 103 Å². The van der Waals surface area contributed by atoms with Gasteiger partial charge in [-0.05, 0) is 53.4 Å². The molecule has 0 saturated carbocycles. The van der Waals surface area contributed by atoms with Gasteiger partial charge in [-0.2, -0.15) is 0 Å². The van der Waals surface area contributed by atoms with Crippen LogP contribution in [0.2, 0.25) is 0 Å². The number of nitrogens with zero attached hydrogens (tertiary/aromatic N) is 4. The molecule has 0 fully saturated rings. The number of rotatable bonds is 3. The van der Waals surface area contributed by atoms with E-state index in [2.05, 4.69) is 160 Å². The molecule has 0 N–H and O–H groups in total. The summed E-state index contributed by atoms with van der Waals surface area (Å²) in [6.07, 6.45) is 3.53. The van der Waals surface area contributed by atoms with Crippen molar-refractivity contribution >= 4 is 65.4 Å². The normalized spacial score (nSPS) is 11.9. The molecule has 7 aromatic carbocycles. The summed E-state index contributed by atoms with van der Waals surface area (Å²) in [4.78, 5) is 9.40. The number of benzene rings is 7. The molecule has 0 aliphatic rings. The average Bonchev–Trinajstić information content (AvgIpc) is 3.63. The zero-order valence-corrected chi connectivity index (χ0v) is 24.8. The van der Waals surface area contributed by atoms with Crippen molar-refractivity contribution in [3.05, 3.63) is 158 Å². The molecular weight excluding hydrogens is 560 g/mol. The lowest BCUT2D eigenvalue weighted by Crippen LogP contribution is -1.99. The molecule has 0 spiro atoms. The van der Waals surface area contributed by atoms with Crippen LogP contribution in [0.4, 0.5) is 0 Å². The van der Waals surface area contributed by atoms with Gasteiger partial charge in [0.15, 0.2) is 0 Å². The van der Waals surface area contributed by atoms with Crippen LogP contribution >= 0.6 is 0 Å². The molecule has 10 rings (SSSR count). The van der Waals surface area contributed by atoms with Crippen LogP contribution in [0.5, 0.6) is 0 Å². The fourth-order valence-electron chi connectivity index (χ4n) is 7.38. The monoisotopic (exact) mass is 586 g/mol. The smallest absolute Gasteiger partial charge is 0.0908 e. The summed E-state index contributed by atoms with van der Waals surface area (Å²) in [6, 6.07) is 52.5. The largest absolute Gasteiger partial charge is 0.309 e. The first-order valence-electron chi connectivity index (χ1n) is 15.6. The van der Waals surface area contributed by atoms with E-state index in [1.807, 2.05) is 0 Å². The number of hydrogen-bond acceptors (Lipinski definition) is 2. The SMILES string of the molecule is c1ccc(-c2cc3nccnc3cc2-n2c3ccccc3c3cc4c5ccc6ccccc6c5n(-c5ccccc5)c4cc32)cc1. The Morgan fingerprint density at radius 1 is 0.413 bits per heavy atom. The number of hydrogen-bond donors (Lipinski definition) is 0. The summed E-state index contributed by atoms with van der Waals surface area (Å²) in [5, 5.41) is 7.42. The van der Waals surface area contributed by atoms with Crippen LogP contribution in [-0.2, 0) is 0 Å². The van der Waals surface area contributed by atoms with E-state index in [9.17, 15) is 0 Å². The zero-order chi connectivity index (χ0) is 30.2. The van der Waals surface area contributed by atoms with E-state index >= 15 is 0 Å². The van der Waals surface area contributed by atoms with Crippen molar-refractivity contribution in [3.63, 3.8) is 0 Å². The van der Waals surface area contributed by atoms with Crippen molar-refractivity contribution in [2.45, 2.75) is 0 Å². The third kappa shape index (κ3) is 3.55. The molecule has 4 heteroatoms. The molecule has 0 bridgehead atoms. The highest BCUT2D eigenvalue weighted by Gasteiger charge is 2.21. The molecule has 0 atom stereocenters. The minimum atomic E-state index is 0.869. The molecule has 0 saturated heterocycles. The highest BCUT2D eigenvalue weighted by atomic mass is 15.0. The summed E-state index contributed by atoms with van der Waals surface area (Å²) in [5.41, 5.74) is 10.9. The lowest BCUT2D eigenvalue weighted by Gasteiger charge is -2.15. The van der Waals surface area contributed by atoms with Gasteiger partial charge in [0, 0.05) is 50.6 Å². The minimum absolute atomic E-state index is 0.869. The second-order valence-electron chi connectivity index (χ2n) is 11.9. The summed E-state index contributed by atoms with van der Waals surface area (Å²) in [6.45, 7) is 0. The fraction of sp³-hybridized carbons (Fsp3) is 0. The van der Waals surface area contributed by atoms with E-state index in [4.69, 9.17) is 4.98 Å². The van der Waals surface area contributed by atoms with Crippen LogP contribution in [0.15, 0.2) is 158 Å². The van der Waals surface area contributed by atoms with Crippen LogP contribution in [0.25, 0.3) is 87.9 Å². The van der Waals surface area contributed by atoms with Gasteiger partial charge in [0.1, 0.15) is 0 Å². The maximum Gasteiger partial charge on any atom is 0.0908 e. The van der Waals surface area contributed by atoms with E-state index in [-0.39, 0.29) is 0 Å². The lowest BCUT2D eigenvalue weighted by molar-refractivity contribution is 1.17. The summed E-state index contributed by atoms with van der Waals surface area (Å²) in [5.74, 6) is 0. The highest BCUT2D eigenvalue weighted by Crippen LogP contribution is 2.43. The molecule has 0 unspecified atom stereocenters. The maximum absolute atomic E-state index is 4.73. The Morgan fingerprint density at radius 3 is 1.89 bits per heavy atom. The quantitative estimate of drug-likeness (QED) is 0.206. The first-order valence-corrected chi connectivity index (χ1v) is 15.6. The van der Waals surface area contributed by atoms with E-state index in [1.54, 1.807) is 12.4 Å². The molecule has 0 aliphatic heterocycles. The third-order valence-electron chi connectivity index (χ3n) is 9.37. The van der Waals surface area contributed by atoms with E-state index in [0.29, 0.717) is 0 Å². The van der Waals surface area contributed by atoms with Gasteiger partial charge in [0.25, 0.3) is 0 Å². The van der Waals surface area contributed by atoms with Crippen molar-refractivity contribution in [2.75, 3.05) is 0 Å². The minimum Gasteiger partial charge on any atom is -0.309 e. The van der Waals surface area contributed by atoms with Gasteiger partial charge in [-0.25, -0.2) is 0 Å². The molecule has 214 valence electrons. The highest BCUT2D eigenvalue weighted by molar-refractivity contribution is 6.23. The molecule has 10 aromatic rings. The Kier molecular flexibility index (Phi) is 5.25. The maximum atomic E-state index is 4.73. The Labute approximate surface area is 264 Å². The Balaban J connectivity index is 1.41. The fourth-order valence-corrected chi connectivity index (χ4v) is 7.38. The van der Waals surface area contributed by atoms with Crippen molar-refractivity contribution in [3.8, 4) is 22.5 Å². The van der Waals surface area contributed by atoms with Gasteiger partial charge < -0.3 is 9.13 Å². The predicted octanol–water partition coefficient (Wildman–Crippen LogP) is 10.6. The van der Waals surface area contributed by atoms with Crippen molar-refractivity contribution < 1.29 is 0 Å². The van der Waals surface area contributed by atoms with Gasteiger partial charge in [-0.15, -0.1) is 0 Å². The summed E-state index contributed by atoms with van der Waals surface area (Å²) >= 11 is 0. The second-order valence-corrected chi connectivity index (χ2v) is 11.9.